The summed E-state index contributed by atoms with van der Waals surface area (Å²) < 4.78 is 10.5. The average molecular weight is 353 g/mol. The second kappa shape index (κ2) is 7.82. The van der Waals surface area contributed by atoms with Crippen LogP contribution in [-0.2, 0) is 9.53 Å². The quantitative estimate of drug-likeness (QED) is 0.435. The van der Waals surface area contributed by atoms with Gasteiger partial charge in [0.2, 0.25) is 0 Å². The van der Waals surface area contributed by atoms with Crippen LogP contribution in [0.2, 0.25) is 0 Å². The van der Waals surface area contributed by atoms with E-state index in [9.17, 15) is 14.4 Å². The van der Waals surface area contributed by atoms with Crippen LogP contribution in [-0.4, -0.2) is 42.4 Å². The Morgan fingerprint density at radius 2 is 1.69 bits per heavy atom. The van der Waals surface area contributed by atoms with Gasteiger partial charge in [0.05, 0.1) is 17.5 Å². The zero-order valence-electron chi connectivity index (χ0n) is 14.4. The smallest absolute Gasteiger partial charge is 0.307 e. The number of nitrogens with zero attached hydrogens (tertiary/aromatic N) is 1. The minimum Gasteiger partial charge on any atom is -0.490 e. The zero-order chi connectivity index (χ0) is 18.5. The molecule has 0 saturated heterocycles. The maximum Gasteiger partial charge on any atom is 0.307 e. The number of hydrogen-bond acceptors (Lipinski definition) is 5. The van der Waals surface area contributed by atoms with E-state index >= 15 is 0 Å². The van der Waals surface area contributed by atoms with Gasteiger partial charge in [0.1, 0.15) is 19.0 Å². The first-order chi connectivity index (χ1) is 12.6. The maximum atomic E-state index is 12.3. The first-order valence-corrected chi connectivity index (χ1v) is 8.36. The summed E-state index contributed by atoms with van der Waals surface area (Å²) in [7, 11) is 0. The molecule has 0 atom stereocenters. The zero-order valence-corrected chi connectivity index (χ0v) is 14.4. The number of fused-ring (bicyclic) bond motifs is 1. The van der Waals surface area contributed by atoms with Crippen molar-refractivity contribution in [3.8, 4) is 5.75 Å². The molecular weight excluding hydrogens is 334 g/mol. The predicted molar refractivity (Wildman–Crippen MR) is 94.1 cm³/mol. The van der Waals surface area contributed by atoms with E-state index < -0.39 is 5.97 Å². The van der Waals surface area contributed by atoms with Crippen LogP contribution in [0.15, 0.2) is 48.5 Å². The molecule has 0 aliphatic carbocycles. The van der Waals surface area contributed by atoms with Gasteiger partial charge >= 0.3 is 5.97 Å². The maximum absolute atomic E-state index is 12.3. The molecule has 6 nitrogen and oxygen atoms in total. The van der Waals surface area contributed by atoms with Gasteiger partial charge in [-0.3, -0.25) is 19.3 Å². The van der Waals surface area contributed by atoms with E-state index in [2.05, 4.69) is 0 Å². The minimum absolute atomic E-state index is 0.00374. The Labute approximate surface area is 151 Å². The highest BCUT2D eigenvalue weighted by Crippen LogP contribution is 2.24. The normalized spacial score (nSPS) is 12.9. The van der Waals surface area contributed by atoms with Crippen LogP contribution in [0.4, 0.5) is 0 Å². The van der Waals surface area contributed by atoms with Gasteiger partial charge in [0.25, 0.3) is 11.8 Å². The number of amides is 2. The number of esters is 1. The molecule has 1 aliphatic heterocycles. The Bertz CT molecular complexity index is 831. The van der Waals surface area contributed by atoms with Crippen molar-refractivity contribution in [1.82, 2.24) is 4.90 Å². The highest BCUT2D eigenvalue weighted by Gasteiger charge is 2.35. The van der Waals surface area contributed by atoms with Crippen LogP contribution in [0.3, 0.4) is 0 Å². The van der Waals surface area contributed by atoms with Gasteiger partial charge < -0.3 is 9.47 Å². The lowest BCUT2D eigenvalue weighted by molar-refractivity contribution is -0.144. The molecule has 26 heavy (non-hydrogen) atoms. The Kier molecular flexibility index (Phi) is 5.31. The van der Waals surface area contributed by atoms with Gasteiger partial charge in [0.15, 0.2) is 0 Å². The molecule has 0 spiro atoms. The second-order valence-electron chi connectivity index (χ2n) is 5.94. The van der Waals surface area contributed by atoms with Crippen molar-refractivity contribution in [2.24, 2.45) is 0 Å². The molecule has 0 unspecified atom stereocenters. The second-order valence-corrected chi connectivity index (χ2v) is 5.94. The largest absolute Gasteiger partial charge is 0.490 e. The molecule has 0 N–H and O–H groups in total. The third kappa shape index (κ3) is 3.91. The third-order valence-electron chi connectivity index (χ3n) is 4.02. The minimum atomic E-state index is -0.477. The Balaban J connectivity index is 1.43. The fourth-order valence-electron chi connectivity index (χ4n) is 2.71. The van der Waals surface area contributed by atoms with Crippen molar-refractivity contribution in [3.63, 3.8) is 0 Å². The summed E-state index contributed by atoms with van der Waals surface area (Å²) >= 11 is 0. The van der Waals surface area contributed by atoms with Crippen LogP contribution < -0.4 is 4.74 Å². The molecule has 1 heterocycles. The summed E-state index contributed by atoms with van der Waals surface area (Å²) in [4.78, 5) is 37.5. The van der Waals surface area contributed by atoms with Crippen LogP contribution in [0.5, 0.6) is 5.75 Å². The molecule has 0 aromatic heterocycles. The Morgan fingerprint density at radius 3 is 2.46 bits per heavy atom. The number of para-hydroxylation sites is 1. The highest BCUT2D eigenvalue weighted by atomic mass is 16.6. The van der Waals surface area contributed by atoms with Gasteiger partial charge in [0, 0.05) is 6.54 Å². The monoisotopic (exact) mass is 353 g/mol. The van der Waals surface area contributed by atoms with Crippen molar-refractivity contribution in [1.29, 1.82) is 0 Å². The number of rotatable bonds is 7. The predicted octanol–water partition coefficient (Wildman–Crippen LogP) is 2.60. The standard InChI is InChI=1S/C20H19NO5/c1-14-7-8-16-17(13-14)20(24)21(19(16)23)10-9-18(22)26-12-11-25-15-5-3-2-4-6-15/h2-8,13H,9-12H2,1H3. The van der Waals surface area contributed by atoms with E-state index in [4.69, 9.17) is 9.47 Å². The van der Waals surface area contributed by atoms with Crippen LogP contribution in [0.25, 0.3) is 0 Å². The van der Waals surface area contributed by atoms with E-state index in [0.717, 1.165) is 10.5 Å². The highest BCUT2D eigenvalue weighted by molar-refractivity contribution is 6.21. The third-order valence-corrected chi connectivity index (χ3v) is 4.02. The van der Waals surface area contributed by atoms with E-state index in [-0.39, 0.29) is 38.0 Å². The van der Waals surface area contributed by atoms with Gasteiger partial charge in [-0.15, -0.1) is 0 Å². The van der Waals surface area contributed by atoms with Crippen molar-refractivity contribution in [3.05, 3.63) is 65.2 Å². The summed E-state index contributed by atoms with van der Waals surface area (Å²) in [6, 6.07) is 14.3. The summed E-state index contributed by atoms with van der Waals surface area (Å²) in [5, 5.41) is 0. The lowest BCUT2D eigenvalue weighted by atomic mass is 10.1. The number of hydrogen-bond donors (Lipinski definition) is 0. The van der Waals surface area contributed by atoms with Gasteiger partial charge in [-0.05, 0) is 31.2 Å². The van der Waals surface area contributed by atoms with E-state index in [1.165, 1.54) is 0 Å². The summed E-state index contributed by atoms with van der Waals surface area (Å²) in [6.45, 7) is 2.20. The lowest BCUT2D eigenvalue weighted by Crippen LogP contribution is -2.32. The molecule has 0 fully saturated rings. The van der Waals surface area contributed by atoms with Crippen LogP contribution >= 0.6 is 0 Å². The number of carbonyl (C=O) groups excluding carboxylic acids is 3. The summed E-state index contributed by atoms with van der Waals surface area (Å²) in [5.41, 5.74) is 1.68. The van der Waals surface area contributed by atoms with Crippen molar-refractivity contribution >= 4 is 17.8 Å². The van der Waals surface area contributed by atoms with Crippen molar-refractivity contribution < 1.29 is 23.9 Å². The van der Waals surface area contributed by atoms with E-state index in [1.807, 2.05) is 37.3 Å². The Hall–Kier alpha value is -3.15. The van der Waals surface area contributed by atoms with Crippen LogP contribution in [0.1, 0.15) is 32.7 Å². The fourth-order valence-corrected chi connectivity index (χ4v) is 2.71. The topological polar surface area (TPSA) is 72.9 Å². The molecule has 2 aromatic carbocycles. The number of ether oxygens (including phenoxy) is 2. The van der Waals surface area contributed by atoms with Gasteiger partial charge in [-0.2, -0.15) is 0 Å². The van der Waals surface area contributed by atoms with Crippen LogP contribution in [0, 0.1) is 6.92 Å². The average Bonchev–Trinajstić information content (AvgIpc) is 2.88. The summed E-state index contributed by atoms with van der Waals surface area (Å²) in [6.07, 6.45) is -0.0458. The molecule has 1 aliphatic rings. The van der Waals surface area contributed by atoms with Crippen molar-refractivity contribution in [2.75, 3.05) is 19.8 Å². The van der Waals surface area contributed by atoms with E-state index in [1.54, 1.807) is 18.2 Å². The molecular formula is C20H19NO5. The molecule has 2 aromatic rings. The molecule has 0 radical (unpaired) electrons. The number of benzene rings is 2. The molecule has 2 amide bonds. The Morgan fingerprint density at radius 1 is 0.962 bits per heavy atom. The summed E-state index contributed by atoms with van der Waals surface area (Å²) in [5.74, 6) is -0.515. The first-order valence-electron chi connectivity index (χ1n) is 8.36. The van der Waals surface area contributed by atoms with Crippen molar-refractivity contribution in [2.45, 2.75) is 13.3 Å². The first kappa shape index (κ1) is 17.7. The number of carbonyl (C=O) groups is 3. The van der Waals surface area contributed by atoms with Gasteiger partial charge in [-0.1, -0.05) is 29.8 Å². The molecule has 0 bridgehead atoms. The number of imide groups is 1. The molecule has 134 valence electrons. The lowest BCUT2D eigenvalue weighted by Gasteiger charge is -2.13. The molecule has 0 saturated carbocycles. The number of aryl methyl sites for hydroxylation is 1. The fraction of sp³-hybridized carbons (Fsp3) is 0.250. The SMILES string of the molecule is Cc1ccc2c(c1)C(=O)N(CCC(=O)OCCOc1ccccc1)C2=O. The molecule has 6 heteroatoms. The van der Waals surface area contributed by atoms with E-state index in [0.29, 0.717) is 16.9 Å². The molecule has 3 rings (SSSR count). The van der Waals surface area contributed by atoms with Gasteiger partial charge in [-0.25, -0.2) is 0 Å².